The highest BCUT2D eigenvalue weighted by atomic mass is 14.8. The zero-order valence-corrected chi connectivity index (χ0v) is 19.2. The molecule has 38 heavy (non-hydrogen) atoms. The summed E-state index contributed by atoms with van der Waals surface area (Å²) in [6.07, 6.45) is 0. The first-order valence-corrected chi connectivity index (χ1v) is 11.1. The molecule has 0 spiro atoms. The SMILES string of the molecule is N#Cc1nc2c(nc1C#N)c1c3ccccc3c3ccccc3c1c1c(C#N)c(C#N)c(C#N)c(C#N)c21. The molecule has 0 amide bonds. The van der Waals surface area contributed by atoms with Crippen LogP contribution >= 0.6 is 0 Å². The third kappa shape index (κ3) is 2.61. The maximum Gasteiger partial charge on any atom is 0.177 e. The quantitative estimate of drug-likeness (QED) is 0.258. The van der Waals surface area contributed by atoms with Gasteiger partial charge in [-0.1, -0.05) is 48.5 Å². The van der Waals surface area contributed by atoms with Crippen LogP contribution in [0.3, 0.4) is 0 Å². The van der Waals surface area contributed by atoms with Gasteiger partial charge in [0.05, 0.1) is 27.8 Å². The Hall–Kier alpha value is -6.58. The molecule has 0 saturated carbocycles. The van der Waals surface area contributed by atoms with E-state index in [2.05, 4.69) is 16.0 Å². The highest BCUT2D eigenvalue weighted by Crippen LogP contribution is 2.46. The molecule has 0 bridgehead atoms. The van der Waals surface area contributed by atoms with Crippen molar-refractivity contribution in [2.75, 3.05) is 0 Å². The summed E-state index contributed by atoms with van der Waals surface area (Å²) in [5.74, 6) is 0. The van der Waals surface area contributed by atoms with E-state index < -0.39 is 0 Å². The van der Waals surface area contributed by atoms with Crippen molar-refractivity contribution in [2.24, 2.45) is 0 Å². The van der Waals surface area contributed by atoms with Gasteiger partial charge in [-0.3, -0.25) is 0 Å². The normalized spacial score (nSPS) is 10.5. The van der Waals surface area contributed by atoms with Gasteiger partial charge in [-0.25, -0.2) is 9.97 Å². The van der Waals surface area contributed by atoms with Crippen molar-refractivity contribution >= 4 is 54.1 Å². The number of rotatable bonds is 0. The van der Waals surface area contributed by atoms with Crippen LogP contribution in [0.1, 0.15) is 33.6 Å². The van der Waals surface area contributed by atoms with E-state index in [9.17, 15) is 31.6 Å². The Labute approximate surface area is 214 Å². The second-order valence-corrected chi connectivity index (χ2v) is 8.38. The Kier molecular flexibility index (Phi) is 4.61. The minimum Gasteiger partial charge on any atom is -0.232 e. The third-order valence-electron chi connectivity index (χ3n) is 6.71. The van der Waals surface area contributed by atoms with Crippen LogP contribution in [0.2, 0.25) is 0 Å². The summed E-state index contributed by atoms with van der Waals surface area (Å²) in [5, 5.41) is 64.6. The predicted molar refractivity (Wildman–Crippen MR) is 138 cm³/mol. The van der Waals surface area contributed by atoms with Crippen molar-refractivity contribution in [1.82, 2.24) is 9.97 Å². The van der Waals surface area contributed by atoms with Gasteiger partial charge in [0.15, 0.2) is 11.4 Å². The summed E-state index contributed by atoms with van der Waals surface area (Å²) in [4.78, 5) is 8.99. The molecule has 0 aliphatic heterocycles. The van der Waals surface area contributed by atoms with Gasteiger partial charge < -0.3 is 0 Å². The molecule has 0 N–H and O–H groups in total. The lowest BCUT2D eigenvalue weighted by atomic mass is 9.83. The number of hydrogen-bond donors (Lipinski definition) is 0. The van der Waals surface area contributed by atoms with Crippen LogP contribution in [0.4, 0.5) is 0 Å². The highest BCUT2D eigenvalue weighted by Gasteiger charge is 2.27. The van der Waals surface area contributed by atoms with Crippen LogP contribution in [0.25, 0.3) is 54.1 Å². The lowest BCUT2D eigenvalue weighted by Crippen LogP contribution is -2.03. The zero-order valence-electron chi connectivity index (χ0n) is 19.2. The summed E-state index contributed by atoms with van der Waals surface area (Å²) in [7, 11) is 0. The van der Waals surface area contributed by atoms with Gasteiger partial charge >= 0.3 is 0 Å². The van der Waals surface area contributed by atoms with Crippen LogP contribution < -0.4 is 0 Å². The molecular formula is C30H8N8. The van der Waals surface area contributed by atoms with Gasteiger partial charge in [-0.15, -0.1) is 0 Å². The fraction of sp³-hybridized carbons (Fsp3) is 0. The summed E-state index contributed by atoms with van der Waals surface area (Å²) < 4.78 is 0. The first-order valence-electron chi connectivity index (χ1n) is 11.1. The molecule has 0 radical (unpaired) electrons. The Bertz CT molecular complexity index is 2360. The second kappa shape index (κ2) is 7.99. The molecule has 0 saturated heterocycles. The van der Waals surface area contributed by atoms with E-state index in [1.165, 1.54) is 0 Å². The van der Waals surface area contributed by atoms with Crippen LogP contribution in [0, 0.1) is 68.0 Å². The molecule has 0 aliphatic carbocycles. The fourth-order valence-electron chi connectivity index (χ4n) is 5.27. The molecule has 6 rings (SSSR count). The average Bonchev–Trinajstić information content (AvgIpc) is 2.98. The van der Waals surface area contributed by atoms with Crippen molar-refractivity contribution < 1.29 is 0 Å². The third-order valence-corrected chi connectivity index (χ3v) is 6.71. The molecule has 1 heterocycles. The Morgan fingerprint density at radius 2 is 0.789 bits per heavy atom. The van der Waals surface area contributed by atoms with Gasteiger partial charge in [-0.2, -0.15) is 31.6 Å². The molecule has 0 atom stereocenters. The molecule has 0 fully saturated rings. The number of aromatic nitrogens is 2. The van der Waals surface area contributed by atoms with Gasteiger partial charge in [-0.05, 0) is 21.5 Å². The van der Waals surface area contributed by atoms with Crippen LogP contribution in [0.5, 0.6) is 0 Å². The highest BCUT2D eigenvalue weighted by molar-refractivity contribution is 6.39. The zero-order chi connectivity index (χ0) is 26.6. The van der Waals surface area contributed by atoms with Crippen molar-refractivity contribution in [3.05, 3.63) is 82.2 Å². The number of benzene rings is 5. The minimum atomic E-state index is -0.255. The average molecular weight is 480 g/mol. The monoisotopic (exact) mass is 480 g/mol. The lowest BCUT2D eigenvalue weighted by molar-refractivity contribution is 1.21. The van der Waals surface area contributed by atoms with E-state index in [0.717, 1.165) is 21.5 Å². The lowest BCUT2D eigenvalue weighted by Gasteiger charge is -2.18. The number of nitriles is 6. The molecule has 168 valence electrons. The largest absolute Gasteiger partial charge is 0.232 e. The summed E-state index contributed by atoms with van der Waals surface area (Å²) >= 11 is 0. The maximum atomic E-state index is 10.3. The van der Waals surface area contributed by atoms with Gasteiger partial charge in [0.25, 0.3) is 0 Å². The van der Waals surface area contributed by atoms with Crippen molar-refractivity contribution in [2.45, 2.75) is 0 Å². The van der Waals surface area contributed by atoms with Crippen molar-refractivity contribution in [3.8, 4) is 36.4 Å². The van der Waals surface area contributed by atoms with Crippen LogP contribution in [-0.2, 0) is 0 Å². The molecule has 8 nitrogen and oxygen atoms in total. The van der Waals surface area contributed by atoms with Gasteiger partial charge in [0.2, 0.25) is 0 Å². The van der Waals surface area contributed by atoms with E-state index in [0.29, 0.717) is 10.8 Å². The topological polar surface area (TPSA) is 169 Å². The first-order chi connectivity index (χ1) is 18.6. The molecule has 6 aromatic rings. The van der Waals surface area contributed by atoms with Gasteiger partial charge in [0, 0.05) is 21.5 Å². The van der Waals surface area contributed by atoms with Gasteiger partial charge in [0.1, 0.15) is 41.9 Å². The summed E-state index contributed by atoms with van der Waals surface area (Å²) in [6.45, 7) is 0. The maximum absolute atomic E-state index is 10.3. The standard InChI is InChI=1S/C30H8N8/c31-9-19-20(10-32)22(12-34)28-26(21(19)11-33)25-17-7-3-1-5-15(17)16-6-2-4-8-18(16)27(25)29-30(28)38-24(14-36)23(13-35)37-29/h1-8H. The molecule has 8 heteroatoms. The van der Waals surface area contributed by atoms with Crippen molar-refractivity contribution in [3.63, 3.8) is 0 Å². The molecule has 5 aromatic carbocycles. The van der Waals surface area contributed by atoms with Crippen LogP contribution in [0.15, 0.2) is 48.5 Å². The van der Waals surface area contributed by atoms with E-state index in [1.54, 1.807) is 0 Å². The van der Waals surface area contributed by atoms with E-state index in [-0.39, 0.29) is 55.4 Å². The van der Waals surface area contributed by atoms with Crippen LogP contribution in [-0.4, -0.2) is 9.97 Å². The molecule has 0 unspecified atom stereocenters. The predicted octanol–water partition coefficient (Wildman–Crippen LogP) is 5.47. The minimum absolute atomic E-state index is 0.0740. The van der Waals surface area contributed by atoms with E-state index in [4.69, 9.17) is 0 Å². The summed E-state index contributed by atoms with van der Waals surface area (Å²) in [6, 6.07) is 26.9. The Morgan fingerprint density at radius 1 is 0.395 bits per heavy atom. The molecular weight excluding hydrogens is 472 g/mol. The number of hydrogen-bond acceptors (Lipinski definition) is 8. The Balaban J connectivity index is 2.20. The number of nitrogens with zero attached hydrogens (tertiary/aromatic N) is 8. The van der Waals surface area contributed by atoms with E-state index >= 15 is 0 Å². The smallest absolute Gasteiger partial charge is 0.177 e. The molecule has 0 aliphatic rings. The second-order valence-electron chi connectivity index (χ2n) is 8.38. The fourth-order valence-corrected chi connectivity index (χ4v) is 5.27. The van der Waals surface area contributed by atoms with Crippen molar-refractivity contribution in [1.29, 1.82) is 31.6 Å². The Morgan fingerprint density at radius 3 is 1.24 bits per heavy atom. The summed E-state index contributed by atoms with van der Waals surface area (Å²) in [5.41, 5.74) is -0.785. The van der Waals surface area contributed by atoms with E-state index in [1.807, 2.05) is 78.9 Å². The molecule has 1 aromatic heterocycles. The first kappa shape index (κ1) is 21.9. The number of fused-ring (bicyclic) bond motifs is 11.